The molecule has 3 rings (SSSR count). The van der Waals surface area contributed by atoms with Crippen LogP contribution in [-0.2, 0) is 4.79 Å². The molecule has 0 aliphatic rings. The molecule has 0 aliphatic carbocycles. The summed E-state index contributed by atoms with van der Waals surface area (Å²) in [5, 5.41) is 9.77. The number of anilines is 1. The number of thiophene rings is 1. The van der Waals surface area contributed by atoms with Crippen molar-refractivity contribution in [3.63, 3.8) is 0 Å². The summed E-state index contributed by atoms with van der Waals surface area (Å²) >= 11 is 5.04. The SMILES string of the molecule is NCC(CC(=O)Nc1cn[nH]c1-c1ccccn1)c1ccc(Br)s1. The molecule has 3 heterocycles. The van der Waals surface area contributed by atoms with Gasteiger partial charge in [-0.1, -0.05) is 6.07 Å². The highest BCUT2D eigenvalue weighted by Crippen LogP contribution is 2.30. The molecule has 0 saturated heterocycles. The van der Waals surface area contributed by atoms with Gasteiger partial charge in [0.25, 0.3) is 0 Å². The van der Waals surface area contributed by atoms with Crippen LogP contribution in [0.3, 0.4) is 0 Å². The second-order valence-corrected chi connectivity index (χ2v) is 7.70. The standard InChI is InChI=1S/C16H16BrN5OS/c17-14-5-4-13(24-14)10(8-18)7-15(23)21-12-9-20-22-16(12)11-3-1-2-6-19-11/h1-6,9-10H,7-8,18H2,(H,20,22)(H,21,23). The Hall–Kier alpha value is -2.03. The molecule has 1 atom stereocenters. The van der Waals surface area contributed by atoms with Crippen molar-refractivity contribution in [2.24, 2.45) is 5.73 Å². The van der Waals surface area contributed by atoms with Gasteiger partial charge in [-0.05, 0) is 40.2 Å². The fourth-order valence-corrected chi connectivity index (χ4v) is 3.90. The second-order valence-electron chi connectivity index (χ2n) is 5.20. The topological polar surface area (TPSA) is 96.7 Å². The molecule has 0 aromatic carbocycles. The van der Waals surface area contributed by atoms with Crippen molar-refractivity contribution in [2.75, 3.05) is 11.9 Å². The van der Waals surface area contributed by atoms with Gasteiger partial charge in [0, 0.05) is 30.0 Å². The molecule has 24 heavy (non-hydrogen) atoms. The van der Waals surface area contributed by atoms with Gasteiger partial charge in [-0.15, -0.1) is 11.3 Å². The van der Waals surface area contributed by atoms with Crippen LogP contribution in [0, 0.1) is 0 Å². The fourth-order valence-electron chi connectivity index (χ4n) is 2.36. The largest absolute Gasteiger partial charge is 0.330 e. The maximum atomic E-state index is 12.4. The Labute approximate surface area is 151 Å². The van der Waals surface area contributed by atoms with E-state index in [9.17, 15) is 4.79 Å². The zero-order valence-corrected chi connectivity index (χ0v) is 15.1. The highest BCUT2D eigenvalue weighted by Gasteiger charge is 2.18. The lowest BCUT2D eigenvalue weighted by Crippen LogP contribution is -2.20. The minimum absolute atomic E-state index is 0.00787. The third-order valence-electron chi connectivity index (χ3n) is 3.55. The van der Waals surface area contributed by atoms with E-state index in [4.69, 9.17) is 5.73 Å². The number of nitrogens with one attached hydrogen (secondary N) is 2. The first-order valence-corrected chi connectivity index (χ1v) is 8.98. The predicted molar refractivity (Wildman–Crippen MR) is 98.9 cm³/mol. The predicted octanol–water partition coefficient (Wildman–Crippen LogP) is 3.37. The molecule has 1 unspecified atom stereocenters. The first kappa shape index (κ1) is 16.8. The molecule has 0 aliphatic heterocycles. The highest BCUT2D eigenvalue weighted by molar-refractivity contribution is 9.11. The summed E-state index contributed by atoms with van der Waals surface area (Å²) in [4.78, 5) is 17.8. The van der Waals surface area contributed by atoms with E-state index in [1.165, 1.54) is 0 Å². The van der Waals surface area contributed by atoms with Crippen LogP contribution in [0.2, 0.25) is 0 Å². The minimum Gasteiger partial charge on any atom is -0.330 e. The summed E-state index contributed by atoms with van der Waals surface area (Å²) in [6.45, 7) is 0.416. The summed E-state index contributed by atoms with van der Waals surface area (Å²) in [5.41, 5.74) is 7.86. The normalized spacial score (nSPS) is 12.1. The molecule has 4 N–H and O–H groups in total. The molecule has 6 nitrogen and oxygen atoms in total. The average molecular weight is 406 g/mol. The summed E-state index contributed by atoms with van der Waals surface area (Å²) in [6.07, 6.45) is 3.60. The zero-order valence-electron chi connectivity index (χ0n) is 12.7. The number of nitrogens with zero attached hydrogens (tertiary/aromatic N) is 2. The molecule has 8 heteroatoms. The number of rotatable bonds is 6. The molecule has 3 aromatic heterocycles. The number of pyridine rings is 1. The summed E-state index contributed by atoms with van der Waals surface area (Å²) in [7, 11) is 0. The van der Waals surface area contributed by atoms with E-state index in [0.29, 0.717) is 24.3 Å². The lowest BCUT2D eigenvalue weighted by Gasteiger charge is -2.13. The van der Waals surface area contributed by atoms with Gasteiger partial charge in [-0.25, -0.2) is 0 Å². The van der Waals surface area contributed by atoms with Crippen molar-refractivity contribution < 1.29 is 4.79 Å². The van der Waals surface area contributed by atoms with E-state index >= 15 is 0 Å². The molecule has 3 aromatic rings. The van der Waals surface area contributed by atoms with E-state index in [1.54, 1.807) is 23.7 Å². The number of hydrogen-bond donors (Lipinski definition) is 3. The number of hydrogen-bond acceptors (Lipinski definition) is 5. The first-order valence-electron chi connectivity index (χ1n) is 7.37. The Balaban J connectivity index is 1.70. The van der Waals surface area contributed by atoms with Crippen LogP contribution in [0.5, 0.6) is 0 Å². The lowest BCUT2D eigenvalue weighted by molar-refractivity contribution is -0.116. The number of H-pyrrole nitrogens is 1. The summed E-state index contributed by atoms with van der Waals surface area (Å²) in [5.74, 6) is -0.111. The van der Waals surface area contributed by atoms with Gasteiger partial charge in [0.15, 0.2) is 0 Å². The van der Waals surface area contributed by atoms with Crippen LogP contribution in [0.1, 0.15) is 17.2 Å². The Kier molecular flexibility index (Phi) is 5.39. The van der Waals surface area contributed by atoms with Crippen molar-refractivity contribution in [3.05, 3.63) is 51.4 Å². The van der Waals surface area contributed by atoms with Gasteiger partial charge in [-0.3, -0.25) is 14.9 Å². The van der Waals surface area contributed by atoms with Gasteiger partial charge >= 0.3 is 0 Å². The van der Waals surface area contributed by atoms with Crippen molar-refractivity contribution in [2.45, 2.75) is 12.3 Å². The maximum Gasteiger partial charge on any atom is 0.225 e. The Morgan fingerprint density at radius 1 is 1.38 bits per heavy atom. The Bertz CT molecular complexity index is 817. The van der Waals surface area contributed by atoms with Crippen LogP contribution >= 0.6 is 27.3 Å². The van der Waals surface area contributed by atoms with Crippen molar-refractivity contribution >= 4 is 38.9 Å². The van der Waals surface area contributed by atoms with Gasteiger partial charge in [0.1, 0.15) is 5.69 Å². The summed E-state index contributed by atoms with van der Waals surface area (Å²) in [6, 6.07) is 9.54. The molecule has 0 spiro atoms. The number of carbonyl (C=O) groups is 1. The van der Waals surface area contributed by atoms with Crippen molar-refractivity contribution in [1.82, 2.24) is 15.2 Å². The molecule has 0 bridgehead atoms. The first-order chi connectivity index (χ1) is 11.7. The third kappa shape index (κ3) is 3.89. The number of aromatic nitrogens is 3. The zero-order chi connectivity index (χ0) is 16.9. The van der Waals surface area contributed by atoms with Crippen LogP contribution in [0.4, 0.5) is 5.69 Å². The lowest BCUT2D eigenvalue weighted by atomic mass is 10.0. The van der Waals surface area contributed by atoms with Gasteiger partial charge in [0.05, 0.1) is 21.4 Å². The summed E-state index contributed by atoms with van der Waals surface area (Å²) < 4.78 is 1.03. The number of carbonyl (C=O) groups excluding carboxylic acids is 1. The van der Waals surface area contributed by atoms with Crippen LogP contribution in [0.25, 0.3) is 11.4 Å². The molecule has 1 amide bonds. The number of nitrogens with two attached hydrogens (primary N) is 1. The van der Waals surface area contributed by atoms with Crippen molar-refractivity contribution in [1.29, 1.82) is 0 Å². The van der Waals surface area contributed by atoms with E-state index in [2.05, 4.69) is 36.4 Å². The Morgan fingerprint density at radius 2 is 2.25 bits per heavy atom. The Morgan fingerprint density at radius 3 is 2.92 bits per heavy atom. The van der Waals surface area contributed by atoms with Crippen molar-refractivity contribution in [3.8, 4) is 11.4 Å². The molecular formula is C16H16BrN5OS. The second kappa shape index (κ2) is 7.69. The number of aromatic amines is 1. The molecule has 124 valence electrons. The molecule has 0 radical (unpaired) electrons. The van der Waals surface area contributed by atoms with Gasteiger partial charge < -0.3 is 11.1 Å². The smallest absolute Gasteiger partial charge is 0.225 e. The maximum absolute atomic E-state index is 12.4. The van der Waals surface area contributed by atoms with E-state index in [-0.39, 0.29) is 11.8 Å². The molecule has 0 saturated carbocycles. The number of amides is 1. The monoisotopic (exact) mass is 405 g/mol. The van der Waals surface area contributed by atoms with Crippen LogP contribution in [0.15, 0.2) is 46.5 Å². The van der Waals surface area contributed by atoms with E-state index < -0.39 is 0 Å². The quantitative estimate of drug-likeness (QED) is 0.585. The minimum atomic E-state index is -0.103. The molecule has 0 fully saturated rings. The number of halogens is 1. The average Bonchev–Trinajstić information content (AvgIpc) is 3.22. The highest BCUT2D eigenvalue weighted by atomic mass is 79.9. The van der Waals surface area contributed by atoms with E-state index in [1.807, 2.05) is 30.3 Å². The van der Waals surface area contributed by atoms with Gasteiger partial charge in [-0.2, -0.15) is 5.10 Å². The van der Waals surface area contributed by atoms with Crippen LogP contribution in [-0.4, -0.2) is 27.6 Å². The third-order valence-corrected chi connectivity index (χ3v) is 5.33. The van der Waals surface area contributed by atoms with Gasteiger partial charge in [0.2, 0.25) is 5.91 Å². The fraction of sp³-hybridized carbons (Fsp3) is 0.188. The van der Waals surface area contributed by atoms with Crippen LogP contribution < -0.4 is 11.1 Å². The van der Waals surface area contributed by atoms with E-state index in [0.717, 1.165) is 14.4 Å². The molecular weight excluding hydrogens is 390 g/mol.